The van der Waals surface area contributed by atoms with E-state index in [1.54, 1.807) is 48.5 Å². The van der Waals surface area contributed by atoms with Crippen LogP contribution in [0.15, 0.2) is 64.4 Å². The molecule has 0 aliphatic carbocycles. The summed E-state index contributed by atoms with van der Waals surface area (Å²) in [5, 5.41) is 0.262. The average molecular weight is 410 g/mol. The van der Waals surface area contributed by atoms with Crippen molar-refractivity contribution in [1.82, 2.24) is 4.72 Å². The number of thioether (sulfide) groups is 1. The zero-order chi connectivity index (χ0) is 18.0. The number of thiocarbonyl (C=S) groups is 1. The maximum Gasteiger partial charge on any atom is 0.241 e. The number of sulfonamides is 1. The van der Waals surface area contributed by atoms with Gasteiger partial charge in [-0.1, -0.05) is 54.2 Å². The van der Waals surface area contributed by atoms with Crippen molar-refractivity contribution in [2.24, 2.45) is 0 Å². The zero-order valence-corrected chi connectivity index (χ0v) is 15.9. The number of nitrogens with one attached hydrogen (secondary N) is 1. The summed E-state index contributed by atoms with van der Waals surface area (Å²) in [5.41, 5.74) is 0.827. The fourth-order valence-corrected chi connectivity index (χ4v) is 5.01. The molecular weight excluding hydrogens is 398 g/mol. The minimum atomic E-state index is -3.83. The van der Waals surface area contributed by atoms with Crippen molar-refractivity contribution >= 4 is 61.7 Å². The van der Waals surface area contributed by atoms with E-state index in [-0.39, 0.29) is 14.9 Å². The molecule has 1 saturated heterocycles. The quantitative estimate of drug-likeness (QED) is 0.616. The minimum Gasteiger partial charge on any atom is -0.285 e. The van der Waals surface area contributed by atoms with Gasteiger partial charge in [-0.15, -0.1) is 0 Å². The molecule has 0 aromatic heterocycles. The van der Waals surface area contributed by atoms with Crippen LogP contribution in [0.1, 0.15) is 5.56 Å². The second-order valence-electron chi connectivity index (χ2n) is 5.21. The predicted molar refractivity (Wildman–Crippen MR) is 105 cm³/mol. The molecule has 0 bridgehead atoms. The summed E-state index contributed by atoms with van der Waals surface area (Å²) in [6, 6.07) is 13.9. The van der Waals surface area contributed by atoms with Gasteiger partial charge in [0, 0.05) is 9.93 Å². The van der Waals surface area contributed by atoms with Crippen LogP contribution in [0, 0.1) is 0 Å². The first-order valence-corrected chi connectivity index (χ1v) is 10.3. The Balaban J connectivity index is 1.83. The van der Waals surface area contributed by atoms with Crippen LogP contribution in [0.3, 0.4) is 0 Å². The Morgan fingerprint density at radius 1 is 1.08 bits per heavy atom. The third kappa shape index (κ3) is 4.19. The molecule has 0 spiro atoms. The highest BCUT2D eigenvalue weighted by Crippen LogP contribution is 2.33. The van der Waals surface area contributed by atoms with Crippen molar-refractivity contribution in [1.29, 1.82) is 0 Å². The van der Waals surface area contributed by atoms with Crippen LogP contribution in [0.5, 0.6) is 0 Å². The van der Waals surface area contributed by atoms with Crippen molar-refractivity contribution in [2.45, 2.75) is 10.9 Å². The van der Waals surface area contributed by atoms with Crippen LogP contribution < -0.4 is 4.72 Å². The number of halogens is 1. The molecule has 1 unspecified atom stereocenters. The normalized spacial score (nSPS) is 19.6. The van der Waals surface area contributed by atoms with E-state index in [9.17, 15) is 13.2 Å². The maximum atomic E-state index is 12.4. The van der Waals surface area contributed by atoms with E-state index in [0.717, 1.165) is 17.3 Å². The van der Waals surface area contributed by atoms with Crippen LogP contribution >= 0.6 is 35.6 Å². The third-order valence-electron chi connectivity index (χ3n) is 3.45. The van der Waals surface area contributed by atoms with E-state index >= 15 is 0 Å². The summed E-state index contributed by atoms with van der Waals surface area (Å²) < 4.78 is 27.2. The van der Waals surface area contributed by atoms with Crippen LogP contribution in [0.25, 0.3) is 6.08 Å². The van der Waals surface area contributed by atoms with Gasteiger partial charge in [0.05, 0.1) is 9.76 Å². The SMILES string of the molecule is O=C1S/C(=C/c2ccc(Cl)cc2)C(=S)C1NS(=O)(=O)c1ccccc1. The third-order valence-corrected chi connectivity index (χ3v) is 6.72. The number of benzene rings is 2. The number of hydrogen-bond acceptors (Lipinski definition) is 5. The van der Waals surface area contributed by atoms with Crippen molar-refractivity contribution in [3.63, 3.8) is 0 Å². The molecule has 128 valence electrons. The monoisotopic (exact) mass is 409 g/mol. The molecule has 0 amide bonds. The summed E-state index contributed by atoms with van der Waals surface area (Å²) in [6.45, 7) is 0. The summed E-state index contributed by atoms with van der Waals surface area (Å²) in [5.74, 6) is 0. The topological polar surface area (TPSA) is 63.2 Å². The smallest absolute Gasteiger partial charge is 0.241 e. The second-order valence-corrected chi connectivity index (χ2v) is 8.85. The lowest BCUT2D eigenvalue weighted by molar-refractivity contribution is -0.110. The van der Waals surface area contributed by atoms with E-state index < -0.39 is 16.1 Å². The molecule has 0 radical (unpaired) electrons. The molecule has 1 aliphatic heterocycles. The van der Waals surface area contributed by atoms with Gasteiger partial charge in [-0.25, -0.2) is 8.42 Å². The van der Waals surface area contributed by atoms with Crippen LogP contribution in [0.4, 0.5) is 0 Å². The predicted octanol–water partition coefficient (Wildman–Crippen LogP) is 3.67. The highest BCUT2D eigenvalue weighted by atomic mass is 35.5. The lowest BCUT2D eigenvalue weighted by atomic mass is 10.1. The molecule has 1 heterocycles. The van der Waals surface area contributed by atoms with Crippen LogP contribution in [-0.4, -0.2) is 24.4 Å². The van der Waals surface area contributed by atoms with Gasteiger partial charge in [0.1, 0.15) is 6.04 Å². The van der Waals surface area contributed by atoms with E-state index in [1.165, 1.54) is 12.1 Å². The van der Waals surface area contributed by atoms with Crippen LogP contribution in [0.2, 0.25) is 5.02 Å². The van der Waals surface area contributed by atoms with E-state index in [4.69, 9.17) is 23.8 Å². The van der Waals surface area contributed by atoms with Gasteiger partial charge in [0.2, 0.25) is 15.1 Å². The van der Waals surface area contributed by atoms with Crippen LogP contribution in [-0.2, 0) is 14.8 Å². The molecule has 3 rings (SSSR count). The molecule has 1 N–H and O–H groups in total. The Bertz CT molecular complexity index is 954. The van der Waals surface area contributed by atoms with E-state index in [0.29, 0.717) is 9.93 Å². The average Bonchev–Trinajstić information content (AvgIpc) is 2.85. The van der Waals surface area contributed by atoms with Gasteiger partial charge in [0.15, 0.2) is 0 Å². The van der Waals surface area contributed by atoms with Gasteiger partial charge in [0.25, 0.3) is 0 Å². The molecule has 25 heavy (non-hydrogen) atoms. The fourth-order valence-electron chi connectivity index (χ4n) is 2.20. The Hall–Kier alpha value is -1.51. The standard InChI is InChI=1S/C17H12ClNO3S3/c18-12-8-6-11(7-9-12)10-14-16(23)15(17(20)24-14)19-25(21,22)13-4-2-1-3-5-13/h1-10,15,19H/b14-10+. The summed E-state index contributed by atoms with van der Waals surface area (Å²) in [4.78, 5) is 13.2. The summed E-state index contributed by atoms with van der Waals surface area (Å²) in [6.07, 6.45) is 1.75. The Labute approximate surface area is 160 Å². The lowest BCUT2D eigenvalue weighted by Crippen LogP contribution is -2.41. The van der Waals surface area contributed by atoms with E-state index in [1.807, 2.05) is 0 Å². The summed E-state index contributed by atoms with van der Waals surface area (Å²) >= 11 is 12.1. The fraction of sp³-hybridized carbons (Fsp3) is 0.0588. The molecule has 2 aromatic rings. The lowest BCUT2D eigenvalue weighted by Gasteiger charge is -2.11. The number of carbonyl (C=O) groups is 1. The molecule has 0 saturated carbocycles. The van der Waals surface area contributed by atoms with Crippen molar-refractivity contribution in [2.75, 3.05) is 0 Å². The number of carbonyl (C=O) groups excluding carboxylic acids is 1. The van der Waals surface area contributed by atoms with Gasteiger partial charge in [-0.3, -0.25) is 4.79 Å². The first-order chi connectivity index (χ1) is 11.9. The van der Waals surface area contributed by atoms with Gasteiger partial charge < -0.3 is 0 Å². The molecule has 1 fully saturated rings. The highest BCUT2D eigenvalue weighted by molar-refractivity contribution is 8.20. The molecule has 2 aromatic carbocycles. The van der Waals surface area contributed by atoms with Crippen molar-refractivity contribution in [3.8, 4) is 0 Å². The molecule has 4 nitrogen and oxygen atoms in total. The Morgan fingerprint density at radius 2 is 1.72 bits per heavy atom. The largest absolute Gasteiger partial charge is 0.285 e. The highest BCUT2D eigenvalue weighted by Gasteiger charge is 2.38. The van der Waals surface area contributed by atoms with Crippen molar-refractivity contribution < 1.29 is 13.2 Å². The van der Waals surface area contributed by atoms with Gasteiger partial charge in [-0.05, 0) is 47.7 Å². The number of hydrogen-bond donors (Lipinski definition) is 1. The van der Waals surface area contributed by atoms with Gasteiger partial charge >= 0.3 is 0 Å². The molecule has 1 atom stereocenters. The van der Waals surface area contributed by atoms with Gasteiger partial charge in [-0.2, -0.15) is 4.72 Å². The second kappa shape index (κ2) is 7.39. The minimum absolute atomic E-state index is 0.0886. The first-order valence-electron chi connectivity index (χ1n) is 7.17. The molecule has 1 aliphatic rings. The maximum absolute atomic E-state index is 12.4. The molecule has 8 heteroatoms. The Kier molecular flexibility index (Phi) is 5.41. The number of rotatable bonds is 4. The zero-order valence-electron chi connectivity index (χ0n) is 12.7. The molecular formula is C17H12ClNO3S3. The Morgan fingerprint density at radius 3 is 2.36 bits per heavy atom. The first kappa shape index (κ1) is 18.3. The summed E-state index contributed by atoms with van der Waals surface area (Å²) in [7, 11) is -3.83. The van der Waals surface area contributed by atoms with E-state index in [2.05, 4.69) is 4.72 Å². The van der Waals surface area contributed by atoms with Crippen molar-refractivity contribution in [3.05, 3.63) is 70.1 Å².